The monoisotopic (exact) mass is 419 g/mol. The van der Waals surface area contributed by atoms with Gasteiger partial charge in [-0.2, -0.15) is 0 Å². The Bertz CT molecular complexity index is 553. The average Bonchev–Trinajstić information content (AvgIpc) is 2.66. The predicted molar refractivity (Wildman–Crippen MR) is 118 cm³/mol. The van der Waals surface area contributed by atoms with E-state index in [1.807, 2.05) is 0 Å². The molecule has 3 N–H and O–H groups in total. The van der Waals surface area contributed by atoms with E-state index in [1.54, 1.807) is 27.8 Å². The lowest BCUT2D eigenvalue weighted by Gasteiger charge is -2.22. The van der Waals surface area contributed by atoms with Crippen LogP contribution in [0.4, 0.5) is 17.3 Å². The lowest BCUT2D eigenvalue weighted by molar-refractivity contribution is -0.386. The maximum absolute atomic E-state index is 9.75. The quantitative estimate of drug-likeness (QED) is 0.261. The molecule has 170 valence electrons. The Morgan fingerprint density at radius 1 is 0.621 bits per heavy atom. The molecule has 0 saturated carbocycles. The van der Waals surface area contributed by atoms with Gasteiger partial charge in [-0.15, -0.1) is 0 Å². The molecule has 0 radical (unpaired) electrons. The van der Waals surface area contributed by atoms with Gasteiger partial charge in [0.05, 0.1) is 6.54 Å². The summed E-state index contributed by atoms with van der Waals surface area (Å²) >= 11 is 0. The summed E-state index contributed by atoms with van der Waals surface area (Å²) in [6.07, 6.45) is 15.5. The number of rotatable bonds is 13. The number of quaternary nitrogens is 1. The number of halogens is 4. The third-order valence-corrected chi connectivity index (χ3v) is 5.26. The van der Waals surface area contributed by atoms with Gasteiger partial charge in [0, 0.05) is 5.56 Å². The second-order valence-corrected chi connectivity index (χ2v) is 7.79. The molecule has 0 spiro atoms. The van der Waals surface area contributed by atoms with E-state index in [0.29, 0.717) is 0 Å². The summed E-state index contributed by atoms with van der Waals surface area (Å²) < 4.78 is 39.0. The van der Waals surface area contributed by atoms with E-state index in [-0.39, 0.29) is 0 Å². The first kappa shape index (κ1) is 28.0. The predicted octanol–water partition coefficient (Wildman–Crippen LogP) is 7.10. The molecular weight excluding hydrogens is 377 g/mol. The van der Waals surface area contributed by atoms with Crippen molar-refractivity contribution < 1.29 is 23.0 Å². The smallest absolute Gasteiger partial charge is 0.418 e. The summed E-state index contributed by atoms with van der Waals surface area (Å²) in [5.74, 6) is 0. The van der Waals surface area contributed by atoms with Gasteiger partial charge in [0.25, 0.3) is 0 Å². The van der Waals surface area contributed by atoms with Crippen LogP contribution in [0.25, 0.3) is 0 Å². The van der Waals surface area contributed by atoms with Crippen molar-refractivity contribution in [2.24, 2.45) is 0 Å². The van der Waals surface area contributed by atoms with Crippen LogP contribution < -0.4 is 5.73 Å². The summed E-state index contributed by atoms with van der Waals surface area (Å²) in [4.78, 5) is 0. The maximum atomic E-state index is 9.75. The molecule has 0 fully saturated rings. The Morgan fingerprint density at radius 3 is 1.34 bits per heavy atom. The molecule has 1 nitrogen and oxygen atoms in total. The van der Waals surface area contributed by atoms with Crippen LogP contribution in [0.5, 0.6) is 0 Å². The molecule has 0 unspecified atom stereocenters. The summed E-state index contributed by atoms with van der Waals surface area (Å²) in [6.45, 7) is 10.2. The van der Waals surface area contributed by atoms with Gasteiger partial charge in [-0.1, -0.05) is 53.4 Å². The molecule has 1 aromatic carbocycles. The molecule has 1 aromatic rings. The van der Waals surface area contributed by atoms with E-state index in [0.717, 1.165) is 6.54 Å². The van der Waals surface area contributed by atoms with Crippen molar-refractivity contribution in [3.05, 3.63) is 33.9 Å². The lowest BCUT2D eigenvalue weighted by Crippen LogP contribution is -2.48. The molecule has 0 aliphatic carbocycles. The van der Waals surface area contributed by atoms with E-state index < -0.39 is 7.25 Å². The van der Waals surface area contributed by atoms with Crippen molar-refractivity contribution >= 4 is 7.25 Å². The Balaban J connectivity index is 0.00000139. The molecular formula is C23H42BF4N. The van der Waals surface area contributed by atoms with E-state index in [2.05, 4.69) is 39.5 Å². The van der Waals surface area contributed by atoms with Crippen LogP contribution >= 0.6 is 0 Å². The van der Waals surface area contributed by atoms with Crippen molar-refractivity contribution in [3.63, 3.8) is 0 Å². The van der Waals surface area contributed by atoms with Crippen LogP contribution in [-0.4, -0.2) is 7.25 Å². The fourth-order valence-corrected chi connectivity index (χ4v) is 3.75. The molecule has 6 heteroatoms. The molecule has 0 aromatic heterocycles. The van der Waals surface area contributed by atoms with Crippen molar-refractivity contribution in [1.29, 1.82) is 0 Å². The number of unbranched alkanes of at least 4 members (excludes halogenated alkanes) is 4. The minimum atomic E-state index is -6.00. The van der Waals surface area contributed by atoms with Crippen LogP contribution in [0.15, 0.2) is 6.07 Å². The second kappa shape index (κ2) is 15.8. The standard InChI is InChI=1S/C23H41N.BF4/c1-5-9-13-19-17-20(18-24)22(15-11-7-3)23(16-12-8-4)21(19)14-10-6-2;2-1(3,4)5/h17H,5-16,18,24H2,1-4H3;/q;-1/p+1. The average molecular weight is 419 g/mol. The van der Waals surface area contributed by atoms with Gasteiger partial charge in [0.15, 0.2) is 0 Å². The van der Waals surface area contributed by atoms with Crippen molar-refractivity contribution in [2.45, 2.75) is 111 Å². The fourth-order valence-electron chi connectivity index (χ4n) is 3.75. The highest BCUT2D eigenvalue weighted by Crippen LogP contribution is 2.29. The zero-order valence-electron chi connectivity index (χ0n) is 19.1. The highest BCUT2D eigenvalue weighted by Gasteiger charge is 2.20. The van der Waals surface area contributed by atoms with Gasteiger partial charge in [0.2, 0.25) is 0 Å². The lowest BCUT2D eigenvalue weighted by atomic mass is 9.83. The molecule has 0 atom stereocenters. The number of hydrogen-bond donors (Lipinski definition) is 1. The van der Waals surface area contributed by atoms with Crippen molar-refractivity contribution in [3.8, 4) is 0 Å². The van der Waals surface area contributed by atoms with Crippen molar-refractivity contribution in [2.75, 3.05) is 0 Å². The summed E-state index contributed by atoms with van der Waals surface area (Å²) in [7, 11) is -6.00. The van der Waals surface area contributed by atoms with Crippen LogP contribution in [0, 0.1) is 0 Å². The van der Waals surface area contributed by atoms with E-state index in [4.69, 9.17) is 0 Å². The SMILES string of the molecule is CCCCc1cc(C[NH3+])c(CCCC)c(CCCC)c1CCCC.F[B-](F)(F)F. The molecule has 0 aliphatic rings. The summed E-state index contributed by atoms with van der Waals surface area (Å²) in [6, 6.07) is 2.54. The van der Waals surface area contributed by atoms with E-state index >= 15 is 0 Å². The van der Waals surface area contributed by atoms with Crippen LogP contribution in [0.2, 0.25) is 0 Å². The molecule has 1 rings (SSSR count). The minimum Gasteiger partial charge on any atom is -0.418 e. The maximum Gasteiger partial charge on any atom is 0.673 e. The fraction of sp³-hybridized carbons (Fsp3) is 0.739. The first-order valence-electron chi connectivity index (χ1n) is 11.5. The molecule has 0 aliphatic heterocycles. The number of hydrogen-bond acceptors (Lipinski definition) is 0. The highest BCUT2D eigenvalue weighted by atomic mass is 19.5. The summed E-state index contributed by atoms with van der Waals surface area (Å²) in [5, 5.41) is 0. The topological polar surface area (TPSA) is 27.6 Å². The third kappa shape index (κ3) is 12.3. The molecule has 0 heterocycles. The van der Waals surface area contributed by atoms with Gasteiger partial charge in [0.1, 0.15) is 0 Å². The Kier molecular flexibility index (Phi) is 15.2. The van der Waals surface area contributed by atoms with Gasteiger partial charge >= 0.3 is 7.25 Å². The van der Waals surface area contributed by atoms with Gasteiger partial charge in [-0.25, -0.2) is 0 Å². The minimum absolute atomic E-state index is 0.950. The largest absolute Gasteiger partial charge is 0.673 e. The van der Waals surface area contributed by atoms with E-state index in [1.165, 1.54) is 77.0 Å². The molecule has 29 heavy (non-hydrogen) atoms. The second-order valence-electron chi connectivity index (χ2n) is 7.79. The Labute approximate surface area is 175 Å². The molecule has 0 amide bonds. The first-order valence-corrected chi connectivity index (χ1v) is 11.5. The number of aryl methyl sites for hydroxylation is 1. The Hall–Kier alpha value is -1.04. The number of benzene rings is 1. The molecule has 0 saturated heterocycles. The van der Waals surface area contributed by atoms with Crippen LogP contribution in [0.3, 0.4) is 0 Å². The highest BCUT2D eigenvalue weighted by molar-refractivity contribution is 6.50. The van der Waals surface area contributed by atoms with Crippen molar-refractivity contribution in [1.82, 2.24) is 0 Å². The van der Waals surface area contributed by atoms with Gasteiger partial charge < -0.3 is 23.0 Å². The first-order chi connectivity index (χ1) is 13.7. The van der Waals surface area contributed by atoms with Crippen LogP contribution in [0.1, 0.15) is 107 Å². The molecule has 0 bridgehead atoms. The zero-order chi connectivity index (χ0) is 22.3. The van der Waals surface area contributed by atoms with Gasteiger partial charge in [-0.3, -0.25) is 0 Å². The van der Waals surface area contributed by atoms with Gasteiger partial charge in [-0.05, 0) is 79.7 Å². The van der Waals surface area contributed by atoms with Crippen LogP contribution in [-0.2, 0) is 32.2 Å². The zero-order valence-corrected chi connectivity index (χ0v) is 19.1. The Morgan fingerprint density at radius 2 is 0.966 bits per heavy atom. The summed E-state index contributed by atoms with van der Waals surface area (Å²) in [5.41, 5.74) is 12.6. The van der Waals surface area contributed by atoms with E-state index in [9.17, 15) is 17.3 Å². The normalized spacial score (nSPS) is 11.3. The third-order valence-electron chi connectivity index (χ3n) is 5.26.